The lowest BCUT2D eigenvalue weighted by Crippen LogP contribution is -2.14. The summed E-state index contributed by atoms with van der Waals surface area (Å²) in [6.45, 7) is 1.37. The van der Waals surface area contributed by atoms with E-state index in [4.69, 9.17) is 63.6 Å². The number of rotatable bonds is 8. The third-order valence-electron chi connectivity index (χ3n) is 3.25. The Bertz CT molecular complexity index is 1070. The predicted octanol–water partition coefficient (Wildman–Crippen LogP) is 3.13. The largest absolute Gasteiger partial charge is 0.388 e. The van der Waals surface area contributed by atoms with Crippen LogP contribution in [0.15, 0.2) is 0 Å². The highest BCUT2D eigenvalue weighted by Gasteiger charge is 2.61. The molecule has 0 fully saturated rings. The lowest BCUT2D eigenvalue weighted by atomic mass is 11.7. The Kier molecular flexibility index (Phi) is 19.8. The van der Waals surface area contributed by atoms with Gasteiger partial charge < -0.3 is 63.6 Å². The van der Waals surface area contributed by atoms with Crippen molar-refractivity contribution in [2.24, 2.45) is 0 Å². The van der Waals surface area contributed by atoms with Crippen molar-refractivity contribution in [3.63, 3.8) is 0 Å². The van der Waals surface area contributed by atoms with Crippen LogP contribution in [0.25, 0.3) is 0 Å². The minimum atomic E-state index is -5.50. The molecule has 37 heteroatoms. The fraction of sp³-hybridized carbons (Fsp3) is 1.00. The number of halogens is 8. The molecular weight excluding hydrogens is 973 g/mol. The van der Waals surface area contributed by atoms with Crippen LogP contribution in [0, 0.1) is 0 Å². The summed E-state index contributed by atoms with van der Waals surface area (Å²) in [4.78, 5) is 107. The SMILES string of the molecule is CP(=O)(O)C(F)(Cl)P(=O)(O)O.CP(=O)(O)C([18F])(Br)P(=O)(O)O.CP(=O)(O)C([18F])(Cl)P(=O)(O)O.O=P(O)(O)C(F)(Br)P(=O)(O)O. The lowest BCUT2D eigenvalue weighted by molar-refractivity contribution is 0.279. The third kappa shape index (κ3) is 15.2. The summed E-state index contributed by atoms with van der Waals surface area (Å²) < 4.78 is 117. The zero-order chi connectivity index (χ0) is 38.0. The topological polar surface area (TPSA) is 400 Å². The second kappa shape index (κ2) is 16.3. The normalized spacial score (nSPS) is 21.6. The molecule has 21 nitrogen and oxygen atoms in total. The first-order valence-corrected chi connectivity index (χ1v) is 25.4. The fourth-order valence-corrected chi connectivity index (χ4v) is 8.05. The Labute approximate surface area is 269 Å². The van der Waals surface area contributed by atoms with Crippen molar-refractivity contribution >= 4 is 115 Å². The first kappa shape index (κ1) is 53.4. The molecule has 0 spiro atoms. The molecule has 0 aliphatic carbocycles. The van der Waals surface area contributed by atoms with Crippen molar-refractivity contribution in [2.45, 2.75) is 17.3 Å². The Morgan fingerprint density at radius 3 is 0.568 bits per heavy atom. The van der Waals surface area contributed by atoms with E-state index in [2.05, 4.69) is 23.2 Å². The van der Waals surface area contributed by atoms with Gasteiger partial charge in [0.15, 0.2) is 0 Å². The summed E-state index contributed by atoms with van der Waals surface area (Å²) in [7, 11) is -40.9. The van der Waals surface area contributed by atoms with Gasteiger partial charge in [-0.2, -0.15) is 0 Å². The molecule has 44 heavy (non-hydrogen) atoms. The molecular formula is C7H22Br2Cl2F4O21P8. The van der Waals surface area contributed by atoms with Crippen LogP contribution in [0.5, 0.6) is 0 Å². The van der Waals surface area contributed by atoms with Gasteiger partial charge in [-0.05, 0) is 31.9 Å². The maximum absolute atomic E-state index is 12.7. The molecule has 0 rings (SSSR count). The van der Waals surface area contributed by atoms with Crippen LogP contribution in [-0.2, 0) is 36.5 Å². The molecule has 0 saturated carbocycles. The van der Waals surface area contributed by atoms with Crippen LogP contribution >= 0.6 is 115 Å². The van der Waals surface area contributed by atoms with Crippen LogP contribution < -0.4 is 0 Å². The average Bonchev–Trinajstić information content (AvgIpc) is 2.62. The van der Waals surface area contributed by atoms with Crippen molar-refractivity contribution in [3.8, 4) is 0 Å². The highest BCUT2D eigenvalue weighted by atomic mass is 79.9. The van der Waals surface area contributed by atoms with E-state index in [0.717, 1.165) is 0 Å². The highest BCUT2D eigenvalue weighted by molar-refractivity contribution is 9.12. The Balaban J connectivity index is -0.000000242. The van der Waals surface area contributed by atoms with Gasteiger partial charge in [0, 0.05) is 20.0 Å². The molecule has 0 aliphatic rings. The first-order chi connectivity index (χ1) is 18.0. The molecule has 6 unspecified atom stereocenters. The zero-order valence-electron chi connectivity index (χ0n) is 20.7. The molecule has 0 radical (unpaired) electrons. The molecule has 0 amide bonds. The van der Waals surface area contributed by atoms with Gasteiger partial charge in [0.2, 0.25) is 0 Å². The van der Waals surface area contributed by atoms with E-state index in [1.54, 1.807) is 15.9 Å². The van der Waals surface area contributed by atoms with Gasteiger partial charge in [-0.1, -0.05) is 23.2 Å². The summed E-state index contributed by atoms with van der Waals surface area (Å²) >= 11 is 12.6. The molecule has 0 aromatic heterocycles. The van der Waals surface area contributed by atoms with E-state index in [1.165, 1.54) is 0 Å². The zero-order valence-corrected chi connectivity index (χ0v) is 32.5. The van der Waals surface area contributed by atoms with Gasteiger partial charge in [-0.25, -0.2) is 17.6 Å². The van der Waals surface area contributed by atoms with Crippen LogP contribution in [-0.4, -0.2) is 101 Å². The van der Waals surface area contributed by atoms with Gasteiger partial charge in [-0.15, -0.1) is 0 Å². The van der Waals surface area contributed by atoms with Gasteiger partial charge >= 0.3 is 55.3 Å². The number of hydrogen-bond donors (Lipinski definition) is 13. The predicted molar refractivity (Wildman–Crippen MR) is 152 cm³/mol. The molecule has 6 atom stereocenters. The summed E-state index contributed by atoms with van der Waals surface area (Å²) in [6.07, 6.45) is 0. The highest BCUT2D eigenvalue weighted by Crippen LogP contribution is 2.75. The van der Waals surface area contributed by atoms with Crippen molar-refractivity contribution in [2.75, 3.05) is 20.0 Å². The van der Waals surface area contributed by atoms with E-state index in [1.807, 2.05) is 15.9 Å². The molecule has 0 aliphatic heterocycles. The number of alkyl halides is 8. The van der Waals surface area contributed by atoms with Crippen LogP contribution in [0.2, 0.25) is 0 Å². The number of hydrogen-bond acceptors (Lipinski definition) is 8. The summed E-state index contributed by atoms with van der Waals surface area (Å²) in [5.41, 5.74) is 0. The molecule has 0 saturated heterocycles. The van der Waals surface area contributed by atoms with Crippen molar-refractivity contribution in [3.05, 3.63) is 0 Å². The summed E-state index contributed by atoms with van der Waals surface area (Å²) in [5, 5.41) is 0. The van der Waals surface area contributed by atoms with Crippen LogP contribution in [0.3, 0.4) is 0 Å². The average molecular weight is 995 g/mol. The Morgan fingerprint density at radius 2 is 0.568 bits per heavy atom. The third-order valence-corrected chi connectivity index (χ3v) is 26.3. The fourth-order valence-electron chi connectivity index (χ4n) is 0.895. The van der Waals surface area contributed by atoms with Crippen molar-refractivity contribution < 1.29 is 118 Å². The minimum absolute atomic E-state index is 0.430. The van der Waals surface area contributed by atoms with Crippen molar-refractivity contribution in [1.29, 1.82) is 0 Å². The van der Waals surface area contributed by atoms with Gasteiger partial charge in [0.25, 0.3) is 22.1 Å². The smallest absolute Gasteiger partial charge is 0.341 e. The minimum Gasteiger partial charge on any atom is -0.341 e. The Morgan fingerprint density at radius 1 is 0.409 bits per heavy atom. The van der Waals surface area contributed by atoms with E-state index in [-0.39, 0.29) is 0 Å². The van der Waals surface area contributed by atoms with Crippen LogP contribution in [0.1, 0.15) is 0 Å². The second-order valence-corrected chi connectivity index (χ2v) is 31.2. The summed E-state index contributed by atoms with van der Waals surface area (Å²) in [5.74, 6) is 0. The van der Waals surface area contributed by atoms with Gasteiger partial charge in [0.05, 0.1) is 0 Å². The van der Waals surface area contributed by atoms with Gasteiger partial charge in [-0.3, -0.25) is 36.5 Å². The maximum Gasteiger partial charge on any atom is 0.388 e. The second-order valence-electron chi connectivity index (χ2n) is 7.40. The molecule has 0 heterocycles. The molecule has 13 N–H and O–H groups in total. The Hall–Kier alpha value is 2.58. The lowest BCUT2D eigenvalue weighted by Gasteiger charge is -2.21. The first-order valence-electron chi connectivity index (χ1n) is 8.70. The molecule has 0 bridgehead atoms. The molecule has 0 aromatic carbocycles. The van der Waals surface area contributed by atoms with E-state index in [9.17, 15) is 54.1 Å². The molecule has 0 aromatic rings. The van der Waals surface area contributed by atoms with Gasteiger partial charge in [0.1, 0.15) is 0 Å². The monoisotopic (exact) mass is 992 g/mol. The van der Waals surface area contributed by atoms with Crippen LogP contribution in [0.4, 0.5) is 17.6 Å². The maximum atomic E-state index is 12.7. The quantitative estimate of drug-likeness (QED) is 0.0943. The van der Waals surface area contributed by atoms with E-state index in [0.29, 0.717) is 20.0 Å². The summed E-state index contributed by atoms with van der Waals surface area (Å²) in [6, 6.07) is 0. The van der Waals surface area contributed by atoms with E-state index >= 15 is 0 Å². The molecule has 272 valence electrons. The van der Waals surface area contributed by atoms with Crippen molar-refractivity contribution in [1.82, 2.24) is 0 Å². The standard InChI is InChI=1S/C2H6BrFO5P2.2C2H6ClFO5P2.CH4BrFO6P2/c3*1-10(5,6)2(3,4)11(7,8)9;2-1(3,10(4,5)6)11(7,8)9/h3*1H3,(H,5,6)(H2,7,8,9);(H2,4,5,6)(H2,7,8,9)/i2*4-1;;. The van der Waals surface area contributed by atoms with E-state index < -0.39 is 77.4 Å².